The molecule has 1 amide bonds. The normalized spacial score (nSPS) is 20.0. The number of amides is 1. The zero-order valence-corrected chi connectivity index (χ0v) is 30.6. The molecule has 0 radical (unpaired) electrons. The molecule has 0 saturated carbocycles. The minimum atomic E-state index is -1.29. The second kappa shape index (κ2) is 12.6. The van der Waals surface area contributed by atoms with Crippen molar-refractivity contribution in [1.82, 2.24) is 29.2 Å². The second-order valence-electron chi connectivity index (χ2n) is 15.3. The summed E-state index contributed by atoms with van der Waals surface area (Å²) in [5.41, 5.74) is 2.21. The second-order valence-corrected chi connectivity index (χ2v) is 21.3. The monoisotopic (exact) mass is 681 g/mol. The number of nitrogens with zero attached hydrogens (tertiary/aromatic N) is 6. The van der Waals surface area contributed by atoms with E-state index in [0.717, 1.165) is 60.3 Å². The van der Waals surface area contributed by atoms with E-state index in [9.17, 15) is 9.59 Å². The van der Waals surface area contributed by atoms with Crippen molar-refractivity contribution < 1.29 is 14.3 Å². The van der Waals surface area contributed by atoms with Crippen LogP contribution in [0.3, 0.4) is 0 Å². The molecular formula is C34H48ClN7O4Si. The number of aryl methyl sites for hydroxylation is 1. The Balaban J connectivity index is 1.38. The molecule has 47 heavy (non-hydrogen) atoms. The van der Waals surface area contributed by atoms with E-state index in [-0.39, 0.29) is 36.5 Å². The van der Waals surface area contributed by atoms with Crippen molar-refractivity contribution in [3.63, 3.8) is 0 Å². The molecule has 2 aliphatic heterocycles. The summed E-state index contributed by atoms with van der Waals surface area (Å²) < 4.78 is 17.2. The van der Waals surface area contributed by atoms with Crippen LogP contribution >= 0.6 is 11.6 Å². The van der Waals surface area contributed by atoms with E-state index in [0.29, 0.717) is 28.6 Å². The molecule has 2 fully saturated rings. The highest BCUT2D eigenvalue weighted by Crippen LogP contribution is 2.41. The predicted molar refractivity (Wildman–Crippen MR) is 190 cm³/mol. The highest BCUT2D eigenvalue weighted by molar-refractivity contribution is 6.76. The number of alkyl carbamates (subject to hydrolysis) is 1. The molecule has 0 aliphatic carbocycles. The number of carbonyl (C=O) groups excluding carboxylic acids is 1. The molecule has 5 heterocycles. The van der Waals surface area contributed by atoms with Crippen LogP contribution in [-0.2, 0) is 29.8 Å². The van der Waals surface area contributed by atoms with E-state index in [1.54, 1.807) is 11.6 Å². The van der Waals surface area contributed by atoms with Crippen molar-refractivity contribution in [3.8, 4) is 11.1 Å². The summed E-state index contributed by atoms with van der Waals surface area (Å²) in [7, 11) is 0.517. The molecule has 2 aliphatic rings. The van der Waals surface area contributed by atoms with Crippen molar-refractivity contribution >= 4 is 53.7 Å². The fourth-order valence-corrected chi connectivity index (χ4v) is 8.02. The number of rotatable bonds is 9. The number of halogens is 1. The maximum absolute atomic E-state index is 14.4. The number of fused-ring (bicyclic) bond motifs is 4. The first-order chi connectivity index (χ1) is 22.1. The van der Waals surface area contributed by atoms with Gasteiger partial charge >= 0.3 is 6.09 Å². The van der Waals surface area contributed by atoms with Crippen LogP contribution in [0.2, 0.25) is 30.7 Å². The predicted octanol–water partition coefficient (Wildman–Crippen LogP) is 6.76. The molecular weight excluding hydrogens is 634 g/mol. The van der Waals surface area contributed by atoms with Crippen LogP contribution < -0.4 is 15.8 Å². The summed E-state index contributed by atoms with van der Waals surface area (Å²) in [6.45, 7) is 16.3. The van der Waals surface area contributed by atoms with Gasteiger partial charge in [0.2, 0.25) is 5.95 Å². The highest BCUT2D eigenvalue weighted by atomic mass is 35.5. The fraction of sp³-hybridized carbons (Fsp3) is 0.588. The van der Waals surface area contributed by atoms with Crippen LogP contribution in [0.25, 0.3) is 33.1 Å². The van der Waals surface area contributed by atoms with Gasteiger partial charge in [0.15, 0.2) is 5.65 Å². The number of hydrogen-bond donors (Lipinski definition) is 1. The summed E-state index contributed by atoms with van der Waals surface area (Å²) >= 11 is 7.04. The van der Waals surface area contributed by atoms with Gasteiger partial charge in [-0.25, -0.2) is 4.79 Å². The van der Waals surface area contributed by atoms with Gasteiger partial charge in [0.05, 0.1) is 15.9 Å². The van der Waals surface area contributed by atoms with E-state index in [1.165, 1.54) is 0 Å². The van der Waals surface area contributed by atoms with Crippen molar-refractivity contribution in [2.24, 2.45) is 7.05 Å². The van der Waals surface area contributed by atoms with Gasteiger partial charge in [0.1, 0.15) is 12.3 Å². The van der Waals surface area contributed by atoms with E-state index in [4.69, 9.17) is 26.1 Å². The maximum Gasteiger partial charge on any atom is 0.407 e. The van der Waals surface area contributed by atoms with E-state index >= 15 is 0 Å². The van der Waals surface area contributed by atoms with E-state index in [1.807, 2.05) is 61.5 Å². The number of aromatic nitrogens is 5. The van der Waals surface area contributed by atoms with Crippen LogP contribution in [0.4, 0.5) is 10.7 Å². The standard InChI is InChI=1S/C34H48ClN7O4Si/c1-9-41-19-26-27(38-41)13-12-24(29(26)35)25-18-40(20-45-14-15-47(6,7)8)30-28(25)31(43)39(5)32(37-30)42-22-10-11-23(42)17-21(16-22)36-33(44)46-34(2,3)4/h12-13,18-19,21-23H,9-11,14-17,20H2,1-8H3,(H,36,44)/t21?,22-,23+. The lowest BCUT2D eigenvalue weighted by Gasteiger charge is -2.40. The lowest BCUT2D eigenvalue weighted by Crippen LogP contribution is -2.52. The Kier molecular flexibility index (Phi) is 8.99. The van der Waals surface area contributed by atoms with Gasteiger partial charge in [-0.05, 0) is 65.5 Å². The third-order valence-corrected chi connectivity index (χ3v) is 11.4. The summed E-state index contributed by atoms with van der Waals surface area (Å²) in [5, 5.41) is 9.62. The molecule has 1 unspecified atom stereocenters. The van der Waals surface area contributed by atoms with E-state index < -0.39 is 13.7 Å². The Hall–Kier alpha value is -3.35. The zero-order valence-electron chi connectivity index (χ0n) is 28.9. The molecule has 2 saturated heterocycles. The minimum absolute atomic E-state index is 0.00344. The Morgan fingerprint density at radius 1 is 1.11 bits per heavy atom. The van der Waals surface area contributed by atoms with Crippen molar-refractivity contribution in [2.75, 3.05) is 11.5 Å². The Bertz CT molecular complexity index is 1850. The number of benzene rings is 1. The van der Waals surface area contributed by atoms with Crippen LogP contribution in [0.15, 0.2) is 29.3 Å². The number of piperidine rings is 1. The van der Waals surface area contributed by atoms with Crippen LogP contribution in [0.5, 0.6) is 0 Å². The Morgan fingerprint density at radius 3 is 2.45 bits per heavy atom. The molecule has 0 spiro atoms. The third-order valence-electron chi connectivity index (χ3n) is 9.27. The molecule has 1 N–H and O–H groups in total. The van der Waals surface area contributed by atoms with E-state index in [2.05, 4.69) is 35.0 Å². The largest absolute Gasteiger partial charge is 0.444 e. The summed E-state index contributed by atoms with van der Waals surface area (Å²) in [6.07, 6.45) is 6.98. The Labute approximate surface area is 282 Å². The lowest BCUT2D eigenvalue weighted by atomic mass is 9.98. The fourth-order valence-electron chi connectivity index (χ4n) is 6.95. The molecule has 3 atom stereocenters. The van der Waals surface area contributed by atoms with Gasteiger partial charge < -0.3 is 24.3 Å². The average Bonchev–Trinajstić information content (AvgIpc) is 3.64. The van der Waals surface area contributed by atoms with Crippen molar-refractivity contribution in [3.05, 3.63) is 39.9 Å². The zero-order chi connectivity index (χ0) is 33.8. The molecule has 2 bridgehead atoms. The number of ether oxygens (including phenoxy) is 2. The van der Waals surface area contributed by atoms with Crippen molar-refractivity contribution in [2.45, 2.75) is 116 Å². The van der Waals surface area contributed by atoms with Gasteiger partial charge in [-0.3, -0.25) is 14.0 Å². The number of carbonyl (C=O) groups is 1. The van der Waals surface area contributed by atoms with Gasteiger partial charge in [0.25, 0.3) is 5.56 Å². The van der Waals surface area contributed by atoms with Gasteiger partial charge in [-0.15, -0.1) is 0 Å². The average molecular weight is 682 g/mol. The summed E-state index contributed by atoms with van der Waals surface area (Å²) in [5.74, 6) is 0.643. The van der Waals surface area contributed by atoms with Crippen LogP contribution in [0.1, 0.15) is 53.4 Å². The molecule has 13 heteroatoms. The topological polar surface area (TPSA) is 108 Å². The highest BCUT2D eigenvalue weighted by Gasteiger charge is 2.43. The maximum atomic E-state index is 14.4. The Morgan fingerprint density at radius 2 is 1.81 bits per heavy atom. The van der Waals surface area contributed by atoms with Gasteiger partial charge in [-0.1, -0.05) is 37.3 Å². The van der Waals surface area contributed by atoms with Gasteiger partial charge in [-0.2, -0.15) is 10.1 Å². The SMILES string of the molecule is CCn1cc2c(Cl)c(-c3cn(COCC[Si](C)(C)C)c4nc(N5[C@@H]6CC[C@H]5CC(NC(=O)OC(C)(C)C)C6)n(C)c(=O)c34)ccc2n1. The molecule has 3 aromatic heterocycles. The first-order valence-corrected chi connectivity index (χ1v) is 20.8. The van der Waals surface area contributed by atoms with Gasteiger partial charge in [0, 0.05) is 75.3 Å². The first kappa shape index (κ1) is 33.5. The minimum Gasteiger partial charge on any atom is -0.444 e. The summed E-state index contributed by atoms with van der Waals surface area (Å²) in [4.78, 5) is 34.5. The molecule has 1 aromatic carbocycles. The quantitative estimate of drug-likeness (QED) is 0.154. The number of nitrogens with one attached hydrogen (secondary N) is 1. The smallest absolute Gasteiger partial charge is 0.407 e. The van der Waals surface area contributed by atoms with Crippen molar-refractivity contribution in [1.29, 1.82) is 0 Å². The first-order valence-electron chi connectivity index (χ1n) is 16.7. The third kappa shape index (κ3) is 6.82. The van der Waals surface area contributed by atoms with Crippen LogP contribution in [0, 0.1) is 0 Å². The van der Waals surface area contributed by atoms with Crippen LogP contribution in [-0.4, -0.2) is 68.4 Å². The number of hydrogen-bond acceptors (Lipinski definition) is 7. The molecule has 4 aromatic rings. The summed E-state index contributed by atoms with van der Waals surface area (Å²) in [6, 6.07) is 5.23. The number of anilines is 1. The molecule has 11 nitrogen and oxygen atoms in total. The lowest BCUT2D eigenvalue weighted by molar-refractivity contribution is 0.0492. The molecule has 254 valence electrons. The molecule has 6 rings (SSSR count).